The quantitative estimate of drug-likeness (QED) is 0.444. The van der Waals surface area contributed by atoms with Gasteiger partial charge in [0, 0.05) is 55.7 Å². The summed E-state index contributed by atoms with van der Waals surface area (Å²) in [6.07, 6.45) is 7.91. The fourth-order valence-electron chi connectivity index (χ4n) is 4.62. The number of rotatable bonds is 8. The minimum atomic E-state index is 0.178. The van der Waals surface area contributed by atoms with Crippen LogP contribution in [0.15, 0.2) is 29.4 Å². The van der Waals surface area contributed by atoms with Crippen molar-refractivity contribution in [2.45, 2.75) is 65.3 Å². The smallest absolute Gasteiger partial charge is 0.225 e. The molecule has 1 aromatic heterocycles. The van der Waals surface area contributed by atoms with Gasteiger partial charge in [-0.3, -0.25) is 9.79 Å². The Morgan fingerprint density at radius 3 is 2.58 bits per heavy atom. The molecule has 0 aliphatic carbocycles. The molecule has 3 N–H and O–H groups in total. The molecule has 0 bridgehead atoms. The number of piperidine rings is 1. The van der Waals surface area contributed by atoms with Crippen molar-refractivity contribution in [3.63, 3.8) is 0 Å². The topological polar surface area (TPSA) is 72.5 Å². The zero-order valence-corrected chi connectivity index (χ0v) is 19.6. The molecule has 2 aromatic rings. The summed E-state index contributed by atoms with van der Waals surface area (Å²) in [7, 11) is 1.82. The first-order valence-corrected chi connectivity index (χ1v) is 11.9. The summed E-state index contributed by atoms with van der Waals surface area (Å²) >= 11 is 0. The first-order valence-electron chi connectivity index (χ1n) is 11.9. The van der Waals surface area contributed by atoms with Crippen molar-refractivity contribution in [1.29, 1.82) is 0 Å². The molecule has 3 rings (SSSR count). The van der Waals surface area contributed by atoms with Crippen LogP contribution >= 0.6 is 0 Å². The fraction of sp³-hybridized carbons (Fsp3) is 0.600. The lowest BCUT2D eigenvalue weighted by Gasteiger charge is -2.34. The minimum Gasteiger partial charge on any atom is -0.361 e. The number of aromatic amines is 1. The van der Waals surface area contributed by atoms with Crippen LogP contribution in [0.2, 0.25) is 0 Å². The molecule has 2 heterocycles. The monoisotopic (exact) mass is 425 g/mol. The van der Waals surface area contributed by atoms with Gasteiger partial charge in [-0.15, -0.1) is 0 Å². The highest BCUT2D eigenvalue weighted by Crippen LogP contribution is 2.22. The summed E-state index contributed by atoms with van der Waals surface area (Å²) in [6.45, 7) is 8.90. The molecule has 0 spiro atoms. The first kappa shape index (κ1) is 23.2. The molecule has 1 amide bonds. The van der Waals surface area contributed by atoms with E-state index in [4.69, 9.17) is 0 Å². The average molecular weight is 426 g/mol. The number of carbonyl (C=O) groups excluding carboxylic acids is 1. The number of likely N-dealkylation sites (tertiary alicyclic amines) is 1. The van der Waals surface area contributed by atoms with E-state index in [2.05, 4.69) is 65.8 Å². The van der Waals surface area contributed by atoms with Gasteiger partial charge in [-0.25, -0.2) is 0 Å². The Balaban J connectivity index is 1.46. The highest BCUT2D eigenvalue weighted by Gasteiger charge is 2.26. The maximum atomic E-state index is 12.6. The number of H-pyrrole nitrogens is 1. The van der Waals surface area contributed by atoms with Crippen LogP contribution < -0.4 is 10.6 Å². The number of fused-ring (bicyclic) bond motifs is 1. The number of nitrogens with one attached hydrogen (secondary N) is 3. The lowest BCUT2D eigenvalue weighted by Crippen LogP contribution is -2.50. The lowest BCUT2D eigenvalue weighted by molar-refractivity contribution is -0.136. The van der Waals surface area contributed by atoms with Crippen molar-refractivity contribution >= 4 is 22.8 Å². The Morgan fingerprint density at radius 1 is 1.19 bits per heavy atom. The van der Waals surface area contributed by atoms with Gasteiger partial charge in [0.1, 0.15) is 0 Å². The Bertz CT molecular complexity index is 875. The van der Waals surface area contributed by atoms with Crippen LogP contribution in [0.1, 0.15) is 57.6 Å². The number of aryl methyl sites for hydroxylation is 1. The molecule has 1 aliphatic heterocycles. The van der Waals surface area contributed by atoms with Crippen LogP contribution in [-0.4, -0.2) is 54.5 Å². The standard InChI is InChI=1S/C25H39N5O/c1-5-18(6-2)24(31)30-15-12-21(13-16-30)29-25(26-4)27-14-11-20-17-28-23-19(7-3)9-8-10-22(20)23/h8-10,17-18,21,28H,5-7,11-16H2,1-4H3,(H2,26,27,29). The third-order valence-electron chi connectivity index (χ3n) is 6.66. The van der Waals surface area contributed by atoms with Gasteiger partial charge < -0.3 is 20.5 Å². The van der Waals surface area contributed by atoms with Crippen molar-refractivity contribution in [2.75, 3.05) is 26.7 Å². The molecule has 31 heavy (non-hydrogen) atoms. The maximum Gasteiger partial charge on any atom is 0.225 e. The Hall–Kier alpha value is -2.50. The molecular formula is C25H39N5O. The normalized spacial score (nSPS) is 15.6. The number of carbonyl (C=O) groups is 1. The second-order valence-corrected chi connectivity index (χ2v) is 8.51. The molecule has 1 saturated heterocycles. The van der Waals surface area contributed by atoms with E-state index in [9.17, 15) is 4.79 Å². The number of guanidine groups is 1. The van der Waals surface area contributed by atoms with Crippen molar-refractivity contribution in [2.24, 2.45) is 10.9 Å². The van der Waals surface area contributed by atoms with Crippen molar-refractivity contribution in [1.82, 2.24) is 20.5 Å². The third-order valence-corrected chi connectivity index (χ3v) is 6.66. The van der Waals surface area contributed by atoms with Crippen LogP contribution in [0, 0.1) is 5.92 Å². The van der Waals surface area contributed by atoms with Crippen LogP contribution in [0.25, 0.3) is 10.9 Å². The molecule has 6 nitrogen and oxygen atoms in total. The summed E-state index contributed by atoms with van der Waals surface area (Å²) < 4.78 is 0. The number of nitrogens with zero attached hydrogens (tertiary/aromatic N) is 2. The van der Waals surface area contributed by atoms with E-state index in [0.29, 0.717) is 11.9 Å². The Labute approximate surface area is 186 Å². The van der Waals surface area contributed by atoms with Gasteiger partial charge in [-0.2, -0.15) is 0 Å². The van der Waals surface area contributed by atoms with Crippen LogP contribution in [0.5, 0.6) is 0 Å². The van der Waals surface area contributed by atoms with Gasteiger partial charge in [0.2, 0.25) is 5.91 Å². The molecule has 0 unspecified atom stereocenters. The molecule has 1 fully saturated rings. The molecule has 0 radical (unpaired) electrons. The first-order chi connectivity index (χ1) is 15.1. The van der Waals surface area contributed by atoms with Gasteiger partial charge in [0.05, 0.1) is 0 Å². The van der Waals surface area contributed by atoms with Crippen molar-refractivity contribution < 1.29 is 4.79 Å². The van der Waals surface area contributed by atoms with Crippen LogP contribution in [-0.2, 0) is 17.6 Å². The van der Waals surface area contributed by atoms with E-state index in [1.165, 1.54) is 22.0 Å². The Kier molecular flexibility index (Phi) is 8.38. The molecule has 1 aromatic carbocycles. The van der Waals surface area contributed by atoms with E-state index in [-0.39, 0.29) is 5.92 Å². The fourth-order valence-corrected chi connectivity index (χ4v) is 4.62. The van der Waals surface area contributed by atoms with E-state index in [1.54, 1.807) is 0 Å². The second-order valence-electron chi connectivity index (χ2n) is 8.51. The Morgan fingerprint density at radius 2 is 1.94 bits per heavy atom. The van der Waals surface area contributed by atoms with Gasteiger partial charge >= 0.3 is 0 Å². The number of hydrogen-bond acceptors (Lipinski definition) is 2. The summed E-state index contributed by atoms with van der Waals surface area (Å²) in [5.74, 6) is 1.35. The van der Waals surface area contributed by atoms with Crippen LogP contribution in [0.4, 0.5) is 0 Å². The molecular weight excluding hydrogens is 386 g/mol. The van der Waals surface area contributed by atoms with E-state index >= 15 is 0 Å². The van der Waals surface area contributed by atoms with Crippen LogP contribution in [0.3, 0.4) is 0 Å². The summed E-state index contributed by atoms with van der Waals surface area (Å²) in [5.41, 5.74) is 3.96. The minimum absolute atomic E-state index is 0.178. The average Bonchev–Trinajstić information content (AvgIpc) is 3.22. The van der Waals surface area contributed by atoms with E-state index in [0.717, 1.165) is 64.1 Å². The van der Waals surface area contributed by atoms with Gasteiger partial charge in [0.15, 0.2) is 5.96 Å². The molecule has 170 valence electrons. The highest BCUT2D eigenvalue weighted by atomic mass is 16.2. The van der Waals surface area contributed by atoms with Gasteiger partial charge in [-0.05, 0) is 49.7 Å². The molecule has 1 aliphatic rings. The molecule has 6 heteroatoms. The highest BCUT2D eigenvalue weighted by molar-refractivity contribution is 5.86. The molecule has 0 atom stereocenters. The predicted octanol–water partition coefficient (Wildman–Crippen LogP) is 3.87. The van der Waals surface area contributed by atoms with E-state index < -0.39 is 0 Å². The second kappa shape index (κ2) is 11.2. The zero-order valence-electron chi connectivity index (χ0n) is 19.6. The van der Waals surface area contributed by atoms with Gasteiger partial charge in [0.25, 0.3) is 0 Å². The number of aliphatic imine (C=N–C) groups is 1. The number of amides is 1. The SMILES string of the molecule is CCc1cccc2c(CCNC(=NC)NC3CCN(C(=O)C(CC)CC)CC3)c[nH]c12. The van der Waals surface area contributed by atoms with Crippen molar-refractivity contribution in [3.05, 3.63) is 35.5 Å². The number of benzene rings is 1. The van der Waals surface area contributed by atoms with Gasteiger partial charge in [-0.1, -0.05) is 39.0 Å². The number of para-hydroxylation sites is 1. The van der Waals surface area contributed by atoms with Crippen molar-refractivity contribution in [3.8, 4) is 0 Å². The summed E-state index contributed by atoms with van der Waals surface area (Å²) in [6, 6.07) is 6.89. The maximum absolute atomic E-state index is 12.6. The predicted molar refractivity (Wildman–Crippen MR) is 130 cm³/mol. The lowest BCUT2D eigenvalue weighted by atomic mass is 9.98. The number of aromatic nitrogens is 1. The summed E-state index contributed by atoms with van der Waals surface area (Å²) in [4.78, 5) is 22.5. The number of hydrogen-bond donors (Lipinski definition) is 3. The molecule has 0 saturated carbocycles. The largest absolute Gasteiger partial charge is 0.361 e. The zero-order chi connectivity index (χ0) is 22.2. The third kappa shape index (κ3) is 5.60. The summed E-state index contributed by atoms with van der Waals surface area (Å²) in [5, 5.41) is 8.33. The van der Waals surface area contributed by atoms with E-state index in [1.807, 2.05) is 11.9 Å².